The summed E-state index contributed by atoms with van der Waals surface area (Å²) < 4.78 is 5.75. The van der Waals surface area contributed by atoms with Crippen LogP contribution in [0.25, 0.3) is 0 Å². The Morgan fingerprint density at radius 2 is 1.55 bits per heavy atom. The van der Waals surface area contributed by atoms with Crippen molar-refractivity contribution < 1.29 is 4.74 Å². The molecule has 1 aromatic heterocycles. The van der Waals surface area contributed by atoms with E-state index in [2.05, 4.69) is 10.3 Å². The fraction of sp³-hybridized carbons (Fsp3) is 0.0556. The van der Waals surface area contributed by atoms with Gasteiger partial charge in [0.25, 0.3) is 0 Å². The zero-order valence-corrected chi connectivity index (χ0v) is 12.6. The molecular formula is C18H15ClN2O. The van der Waals surface area contributed by atoms with Crippen LogP contribution in [0.2, 0.25) is 5.15 Å². The maximum Gasteiger partial charge on any atom is 0.129 e. The van der Waals surface area contributed by atoms with E-state index < -0.39 is 0 Å². The highest BCUT2D eigenvalue weighted by atomic mass is 35.5. The van der Waals surface area contributed by atoms with E-state index in [4.69, 9.17) is 16.3 Å². The van der Waals surface area contributed by atoms with E-state index >= 15 is 0 Å². The number of anilines is 1. The number of aromatic nitrogens is 1. The number of nitrogens with one attached hydrogen (secondary N) is 1. The minimum atomic E-state index is 0.505. The summed E-state index contributed by atoms with van der Waals surface area (Å²) in [7, 11) is 0. The van der Waals surface area contributed by atoms with Gasteiger partial charge in [-0.25, -0.2) is 4.98 Å². The zero-order valence-electron chi connectivity index (χ0n) is 11.9. The highest BCUT2D eigenvalue weighted by Crippen LogP contribution is 2.22. The Labute approximate surface area is 134 Å². The Bertz CT molecular complexity index is 730. The normalized spacial score (nSPS) is 10.2. The summed E-state index contributed by atoms with van der Waals surface area (Å²) in [5.41, 5.74) is 1.90. The second kappa shape index (κ2) is 6.96. The smallest absolute Gasteiger partial charge is 0.129 e. The monoisotopic (exact) mass is 310 g/mol. The van der Waals surface area contributed by atoms with Crippen molar-refractivity contribution in [1.29, 1.82) is 0 Å². The Balaban J connectivity index is 1.60. The molecule has 110 valence electrons. The molecule has 0 fully saturated rings. The molecule has 0 saturated carbocycles. The average molecular weight is 311 g/mol. The van der Waals surface area contributed by atoms with Crippen molar-refractivity contribution in [2.24, 2.45) is 0 Å². The molecule has 0 amide bonds. The lowest BCUT2D eigenvalue weighted by Gasteiger charge is -2.08. The first kappa shape index (κ1) is 14.4. The second-order valence-corrected chi connectivity index (χ2v) is 5.13. The van der Waals surface area contributed by atoms with Crippen LogP contribution >= 0.6 is 11.6 Å². The number of ether oxygens (including phenoxy) is 1. The molecule has 3 rings (SSSR count). The minimum Gasteiger partial charge on any atom is -0.457 e. The first-order valence-electron chi connectivity index (χ1n) is 6.98. The van der Waals surface area contributed by atoms with Gasteiger partial charge in [0.1, 0.15) is 16.7 Å². The molecule has 1 N–H and O–H groups in total. The van der Waals surface area contributed by atoms with Gasteiger partial charge in [0.15, 0.2) is 0 Å². The number of benzene rings is 2. The largest absolute Gasteiger partial charge is 0.457 e. The van der Waals surface area contributed by atoms with Gasteiger partial charge < -0.3 is 10.1 Å². The number of hydrogen-bond donors (Lipinski definition) is 1. The lowest BCUT2D eigenvalue weighted by molar-refractivity contribution is 0.483. The molecule has 0 aliphatic carbocycles. The van der Waals surface area contributed by atoms with Gasteiger partial charge in [0.2, 0.25) is 0 Å². The third-order valence-corrected chi connectivity index (χ3v) is 3.29. The number of rotatable bonds is 5. The van der Waals surface area contributed by atoms with Crippen LogP contribution in [0.1, 0.15) is 5.69 Å². The third-order valence-electron chi connectivity index (χ3n) is 3.08. The second-order valence-electron chi connectivity index (χ2n) is 4.74. The summed E-state index contributed by atoms with van der Waals surface area (Å²) >= 11 is 5.87. The van der Waals surface area contributed by atoms with Crippen LogP contribution in [-0.2, 0) is 6.54 Å². The van der Waals surface area contributed by atoms with Crippen molar-refractivity contribution in [2.45, 2.75) is 6.54 Å². The van der Waals surface area contributed by atoms with Gasteiger partial charge in [0.05, 0.1) is 12.2 Å². The Morgan fingerprint density at radius 1 is 0.818 bits per heavy atom. The molecule has 22 heavy (non-hydrogen) atoms. The maximum atomic E-state index is 5.87. The zero-order chi connectivity index (χ0) is 15.2. The van der Waals surface area contributed by atoms with Crippen LogP contribution in [0.4, 0.5) is 5.69 Å². The SMILES string of the molecule is Clc1cccc(CNc2ccc(Oc3ccccc3)cc2)n1. The molecule has 0 bridgehead atoms. The van der Waals surface area contributed by atoms with Crippen LogP contribution in [0, 0.1) is 0 Å². The fourth-order valence-corrected chi connectivity index (χ4v) is 2.19. The first-order valence-corrected chi connectivity index (χ1v) is 7.36. The summed E-state index contributed by atoms with van der Waals surface area (Å²) in [5, 5.41) is 3.81. The number of hydrogen-bond acceptors (Lipinski definition) is 3. The third kappa shape index (κ3) is 3.99. The highest BCUT2D eigenvalue weighted by molar-refractivity contribution is 6.29. The first-order chi connectivity index (χ1) is 10.8. The number of para-hydroxylation sites is 1. The Kier molecular flexibility index (Phi) is 4.56. The van der Waals surface area contributed by atoms with Gasteiger partial charge >= 0.3 is 0 Å². The van der Waals surface area contributed by atoms with Crippen LogP contribution in [0.3, 0.4) is 0 Å². The van der Waals surface area contributed by atoms with Crippen molar-refractivity contribution in [3.63, 3.8) is 0 Å². The summed E-state index contributed by atoms with van der Waals surface area (Å²) in [6.45, 7) is 0.624. The predicted octanol–water partition coefficient (Wildman–Crippen LogP) is 5.14. The molecule has 0 radical (unpaired) electrons. The predicted molar refractivity (Wildman–Crippen MR) is 89.5 cm³/mol. The van der Waals surface area contributed by atoms with Gasteiger partial charge in [-0.15, -0.1) is 0 Å². The van der Waals surface area contributed by atoms with Gasteiger partial charge in [-0.3, -0.25) is 0 Å². The van der Waals surface area contributed by atoms with Crippen LogP contribution in [0.15, 0.2) is 72.8 Å². The molecule has 0 aliphatic rings. The number of pyridine rings is 1. The maximum absolute atomic E-state index is 5.87. The number of halogens is 1. The quantitative estimate of drug-likeness (QED) is 0.663. The Morgan fingerprint density at radius 3 is 2.27 bits per heavy atom. The summed E-state index contributed by atoms with van der Waals surface area (Å²) in [5.74, 6) is 1.63. The van der Waals surface area contributed by atoms with Crippen molar-refractivity contribution in [2.75, 3.05) is 5.32 Å². The summed E-state index contributed by atoms with van der Waals surface area (Å²) in [4.78, 5) is 4.24. The van der Waals surface area contributed by atoms with E-state index in [-0.39, 0.29) is 0 Å². The molecule has 0 atom stereocenters. The van der Waals surface area contributed by atoms with E-state index in [1.807, 2.05) is 66.7 Å². The van der Waals surface area contributed by atoms with Crippen LogP contribution in [0.5, 0.6) is 11.5 Å². The molecule has 0 unspecified atom stereocenters. The van der Waals surface area contributed by atoms with Crippen molar-refractivity contribution >= 4 is 17.3 Å². The Hall–Kier alpha value is -2.52. The summed E-state index contributed by atoms with van der Waals surface area (Å²) in [6, 6.07) is 23.1. The van der Waals surface area contributed by atoms with E-state index in [9.17, 15) is 0 Å². The van der Waals surface area contributed by atoms with E-state index in [1.54, 1.807) is 6.07 Å². The standard InChI is InChI=1S/C18H15ClN2O/c19-18-8-4-5-15(21-18)13-20-14-9-11-17(12-10-14)22-16-6-2-1-3-7-16/h1-12,20H,13H2. The molecule has 3 aromatic rings. The highest BCUT2D eigenvalue weighted by Gasteiger charge is 1.99. The molecule has 4 heteroatoms. The van der Waals surface area contributed by atoms with Gasteiger partial charge in [0, 0.05) is 5.69 Å². The molecule has 0 aliphatic heterocycles. The van der Waals surface area contributed by atoms with Crippen molar-refractivity contribution in [3.8, 4) is 11.5 Å². The molecule has 0 spiro atoms. The van der Waals surface area contributed by atoms with E-state index in [0.717, 1.165) is 22.9 Å². The fourth-order valence-electron chi connectivity index (χ4n) is 2.01. The molecule has 2 aromatic carbocycles. The lowest BCUT2D eigenvalue weighted by Crippen LogP contribution is -2.01. The minimum absolute atomic E-state index is 0.505. The van der Waals surface area contributed by atoms with Gasteiger partial charge in [-0.05, 0) is 48.5 Å². The molecule has 1 heterocycles. The van der Waals surface area contributed by atoms with Crippen molar-refractivity contribution in [3.05, 3.63) is 83.6 Å². The summed E-state index contributed by atoms with van der Waals surface area (Å²) in [6.07, 6.45) is 0. The lowest BCUT2D eigenvalue weighted by atomic mass is 10.3. The molecular weight excluding hydrogens is 296 g/mol. The van der Waals surface area contributed by atoms with Gasteiger partial charge in [-0.2, -0.15) is 0 Å². The van der Waals surface area contributed by atoms with Crippen LogP contribution in [-0.4, -0.2) is 4.98 Å². The van der Waals surface area contributed by atoms with Crippen molar-refractivity contribution in [1.82, 2.24) is 4.98 Å². The van der Waals surface area contributed by atoms with E-state index in [0.29, 0.717) is 11.7 Å². The molecule has 0 saturated heterocycles. The van der Waals surface area contributed by atoms with E-state index in [1.165, 1.54) is 0 Å². The average Bonchev–Trinajstić information content (AvgIpc) is 2.55. The van der Waals surface area contributed by atoms with Gasteiger partial charge in [-0.1, -0.05) is 35.9 Å². The topological polar surface area (TPSA) is 34.1 Å². The molecule has 3 nitrogen and oxygen atoms in total. The van der Waals surface area contributed by atoms with Crippen LogP contribution < -0.4 is 10.1 Å². The number of nitrogens with zero attached hydrogens (tertiary/aromatic N) is 1.